The first-order valence-electron chi connectivity index (χ1n) is 8.66. The van der Waals surface area contributed by atoms with E-state index < -0.39 is 0 Å². The number of hydrogen-bond acceptors (Lipinski definition) is 6. The normalized spacial score (nSPS) is 19.3. The molecule has 0 radical (unpaired) electrons. The van der Waals surface area contributed by atoms with Crippen LogP contribution < -0.4 is 11.1 Å². The molecule has 3 N–H and O–H groups in total. The molecule has 1 amide bonds. The number of carbonyl (C=O) groups excluding carboxylic acids is 1. The van der Waals surface area contributed by atoms with Gasteiger partial charge in [0.05, 0.1) is 6.54 Å². The second-order valence-electron chi connectivity index (χ2n) is 7.40. The third-order valence-corrected chi connectivity index (χ3v) is 5.68. The molecule has 0 bridgehead atoms. The summed E-state index contributed by atoms with van der Waals surface area (Å²) >= 11 is 1.31. The molecule has 9 heteroatoms. The summed E-state index contributed by atoms with van der Waals surface area (Å²) in [4.78, 5) is 14.5. The predicted octanol–water partition coefficient (Wildman–Crippen LogP) is 2.59. The first kappa shape index (κ1) is 21.7. The summed E-state index contributed by atoms with van der Waals surface area (Å²) in [6.45, 7) is 7.19. The molecular formula is C18H25ClFN5OS. The molecule has 148 valence electrons. The van der Waals surface area contributed by atoms with Gasteiger partial charge in [-0.25, -0.2) is 4.39 Å². The van der Waals surface area contributed by atoms with Gasteiger partial charge in [0.1, 0.15) is 10.8 Å². The summed E-state index contributed by atoms with van der Waals surface area (Å²) in [7, 11) is 0. The first-order valence-corrected chi connectivity index (χ1v) is 9.48. The number of carbonyl (C=O) groups is 1. The van der Waals surface area contributed by atoms with E-state index in [-0.39, 0.29) is 35.6 Å². The Morgan fingerprint density at radius 1 is 1.37 bits per heavy atom. The number of amides is 1. The van der Waals surface area contributed by atoms with Gasteiger partial charge >= 0.3 is 0 Å². The molecule has 1 aliphatic heterocycles. The summed E-state index contributed by atoms with van der Waals surface area (Å²) in [6.07, 6.45) is 0.955. The van der Waals surface area contributed by atoms with E-state index in [2.05, 4.69) is 34.3 Å². The Morgan fingerprint density at radius 3 is 2.74 bits per heavy atom. The molecule has 3 rings (SSSR count). The molecule has 1 aromatic heterocycles. The van der Waals surface area contributed by atoms with E-state index in [0.717, 1.165) is 30.1 Å². The summed E-state index contributed by atoms with van der Waals surface area (Å²) < 4.78 is 12.9. The third-order valence-electron chi connectivity index (χ3n) is 4.78. The highest BCUT2D eigenvalue weighted by atomic mass is 35.5. The fraction of sp³-hybridized carbons (Fsp3) is 0.500. The lowest BCUT2D eigenvalue weighted by molar-refractivity contribution is 0.0896. The van der Waals surface area contributed by atoms with Crippen molar-refractivity contribution in [3.05, 3.63) is 45.7 Å². The number of nitrogens with two attached hydrogens (primary N) is 1. The quantitative estimate of drug-likeness (QED) is 0.787. The van der Waals surface area contributed by atoms with E-state index in [1.807, 2.05) is 0 Å². The lowest BCUT2D eigenvalue weighted by Crippen LogP contribution is -2.52. The molecule has 1 saturated heterocycles. The van der Waals surface area contributed by atoms with Crippen LogP contribution in [0.15, 0.2) is 24.3 Å². The predicted molar refractivity (Wildman–Crippen MR) is 106 cm³/mol. The van der Waals surface area contributed by atoms with Crippen molar-refractivity contribution in [1.29, 1.82) is 0 Å². The number of hydrogen-bond donors (Lipinski definition) is 2. The highest BCUT2D eigenvalue weighted by Crippen LogP contribution is 2.28. The molecule has 2 heterocycles. The Bertz CT molecular complexity index is 767. The fourth-order valence-corrected chi connectivity index (χ4v) is 3.88. The van der Waals surface area contributed by atoms with Gasteiger partial charge in [0.2, 0.25) is 5.01 Å². The van der Waals surface area contributed by atoms with Crippen LogP contribution in [-0.4, -0.2) is 40.1 Å². The van der Waals surface area contributed by atoms with E-state index in [0.29, 0.717) is 18.1 Å². The minimum atomic E-state index is -0.296. The van der Waals surface area contributed by atoms with Gasteiger partial charge in [0, 0.05) is 25.7 Å². The van der Waals surface area contributed by atoms with Crippen LogP contribution in [0.4, 0.5) is 4.39 Å². The van der Waals surface area contributed by atoms with Gasteiger partial charge in [-0.05, 0) is 29.5 Å². The van der Waals surface area contributed by atoms with E-state index >= 15 is 0 Å². The minimum absolute atomic E-state index is 0. The zero-order chi connectivity index (χ0) is 18.7. The number of rotatable bonds is 5. The molecule has 2 aromatic rings. The van der Waals surface area contributed by atoms with Crippen molar-refractivity contribution in [2.24, 2.45) is 11.1 Å². The smallest absolute Gasteiger partial charge is 0.282 e. The minimum Gasteiger partial charge on any atom is -0.346 e. The van der Waals surface area contributed by atoms with Gasteiger partial charge in [-0.15, -0.1) is 22.6 Å². The fourth-order valence-electron chi connectivity index (χ4n) is 3.08. The van der Waals surface area contributed by atoms with E-state index in [1.165, 1.54) is 23.5 Å². The van der Waals surface area contributed by atoms with E-state index in [9.17, 15) is 9.18 Å². The van der Waals surface area contributed by atoms with Gasteiger partial charge < -0.3 is 11.1 Å². The van der Waals surface area contributed by atoms with Crippen LogP contribution in [0.3, 0.4) is 0 Å². The van der Waals surface area contributed by atoms with Crippen molar-refractivity contribution in [1.82, 2.24) is 20.4 Å². The molecule has 0 spiro atoms. The molecule has 0 saturated carbocycles. The van der Waals surface area contributed by atoms with Crippen LogP contribution in [-0.2, 0) is 13.1 Å². The van der Waals surface area contributed by atoms with Crippen LogP contribution in [0.5, 0.6) is 0 Å². The molecular weight excluding hydrogens is 389 g/mol. The van der Waals surface area contributed by atoms with Crippen LogP contribution in [0.1, 0.15) is 40.6 Å². The Balaban J connectivity index is 0.00000261. The molecule has 1 aliphatic rings. The summed E-state index contributed by atoms with van der Waals surface area (Å²) in [6, 6.07) is 6.24. The maximum atomic E-state index is 12.9. The molecule has 1 fully saturated rings. The maximum Gasteiger partial charge on any atom is 0.282 e. The molecule has 1 aromatic carbocycles. The number of piperidine rings is 1. The number of nitrogens with zero attached hydrogens (tertiary/aromatic N) is 3. The monoisotopic (exact) mass is 413 g/mol. The van der Waals surface area contributed by atoms with Crippen LogP contribution in [0.25, 0.3) is 0 Å². The molecule has 6 nitrogen and oxygen atoms in total. The lowest BCUT2D eigenvalue weighted by atomic mass is 9.80. The standard InChI is InChI=1S/C18H24FN5OS.ClH/c1-18(2)11-24(8-7-14(18)20)10-15-22-23-17(26-15)16(25)21-9-12-3-5-13(19)6-4-12;/h3-6,14H,7-11,20H2,1-2H3,(H,21,25);1H. The second kappa shape index (κ2) is 9.05. The topological polar surface area (TPSA) is 84.1 Å². The Morgan fingerprint density at radius 2 is 2.07 bits per heavy atom. The lowest BCUT2D eigenvalue weighted by Gasteiger charge is -2.42. The van der Waals surface area contributed by atoms with Crippen LogP contribution in [0, 0.1) is 11.2 Å². The number of likely N-dealkylation sites (tertiary alicyclic amines) is 1. The summed E-state index contributed by atoms with van der Waals surface area (Å²) in [5, 5.41) is 12.1. The molecule has 1 unspecified atom stereocenters. The Hall–Kier alpha value is -1.61. The van der Waals surface area contributed by atoms with Crippen molar-refractivity contribution in [2.45, 2.75) is 39.4 Å². The SMILES string of the molecule is CC1(C)CN(Cc2nnc(C(=O)NCc3ccc(F)cc3)s2)CCC1N.Cl. The zero-order valence-electron chi connectivity index (χ0n) is 15.4. The number of benzene rings is 1. The van der Waals surface area contributed by atoms with Crippen molar-refractivity contribution in [2.75, 3.05) is 13.1 Å². The second-order valence-corrected chi connectivity index (χ2v) is 8.47. The first-order chi connectivity index (χ1) is 12.3. The van der Waals surface area contributed by atoms with Gasteiger partial charge in [0.15, 0.2) is 0 Å². The molecule has 27 heavy (non-hydrogen) atoms. The highest BCUT2D eigenvalue weighted by Gasteiger charge is 2.33. The Labute approximate surface area is 168 Å². The zero-order valence-corrected chi connectivity index (χ0v) is 17.1. The van der Waals surface area contributed by atoms with Gasteiger partial charge in [-0.3, -0.25) is 9.69 Å². The van der Waals surface area contributed by atoms with Gasteiger partial charge in [-0.2, -0.15) is 0 Å². The van der Waals surface area contributed by atoms with Crippen molar-refractivity contribution >= 4 is 29.7 Å². The number of halogens is 2. The highest BCUT2D eigenvalue weighted by molar-refractivity contribution is 7.13. The number of nitrogens with one attached hydrogen (secondary N) is 1. The average Bonchev–Trinajstić information content (AvgIpc) is 3.06. The van der Waals surface area contributed by atoms with Gasteiger partial charge in [0.25, 0.3) is 5.91 Å². The summed E-state index contributed by atoms with van der Waals surface area (Å²) in [5.74, 6) is -0.560. The molecule has 0 aliphatic carbocycles. The largest absolute Gasteiger partial charge is 0.346 e. The molecule has 1 atom stereocenters. The maximum absolute atomic E-state index is 12.9. The van der Waals surface area contributed by atoms with Crippen LogP contribution >= 0.6 is 23.7 Å². The van der Waals surface area contributed by atoms with Crippen molar-refractivity contribution in [3.63, 3.8) is 0 Å². The van der Waals surface area contributed by atoms with Crippen LogP contribution in [0.2, 0.25) is 0 Å². The number of aromatic nitrogens is 2. The summed E-state index contributed by atoms with van der Waals surface area (Å²) in [5.41, 5.74) is 7.07. The van der Waals surface area contributed by atoms with Gasteiger partial charge in [-0.1, -0.05) is 37.3 Å². The Kier molecular flexibility index (Phi) is 7.27. The van der Waals surface area contributed by atoms with Crippen molar-refractivity contribution < 1.29 is 9.18 Å². The van der Waals surface area contributed by atoms with E-state index in [1.54, 1.807) is 12.1 Å². The van der Waals surface area contributed by atoms with Crippen molar-refractivity contribution in [3.8, 4) is 0 Å². The third kappa shape index (κ3) is 5.68. The average molecular weight is 414 g/mol. The van der Waals surface area contributed by atoms with E-state index in [4.69, 9.17) is 5.73 Å².